The number of aromatic nitrogens is 5. The molecule has 3 fully saturated rings. The number of hydrogen-bond donors (Lipinski definition) is 4. The van der Waals surface area contributed by atoms with Gasteiger partial charge in [-0.05, 0) is 31.7 Å². The molecule has 192 valence electrons. The highest BCUT2D eigenvalue weighted by Crippen LogP contribution is 2.38. The van der Waals surface area contributed by atoms with E-state index in [-0.39, 0.29) is 11.9 Å². The van der Waals surface area contributed by atoms with Crippen LogP contribution in [0.4, 0.5) is 5.82 Å². The van der Waals surface area contributed by atoms with Crippen molar-refractivity contribution in [3.05, 3.63) is 24.8 Å². The molecule has 1 aliphatic carbocycles. The van der Waals surface area contributed by atoms with Crippen molar-refractivity contribution < 1.29 is 19.7 Å². The van der Waals surface area contributed by atoms with E-state index >= 15 is 0 Å². The Morgan fingerprint density at radius 2 is 1.94 bits per heavy atom. The molecular formula is C24H32N8O4. The first kappa shape index (κ1) is 23.3. The lowest BCUT2D eigenvalue weighted by atomic mass is 9.89. The highest BCUT2D eigenvalue weighted by Gasteiger charge is 2.48. The zero-order chi connectivity index (χ0) is 25.0. The van der Waals surface area contributed by atoms with E-state index in [0.717, 1.165) is 25.9 Å². The molecule has 0 radical (unpaired) electrons. The van der Waals surface area contributed by atoms with Crippen LogP contribution in [0.25, 0.3) is 22.3 Å². The Kier molecular flexibility index (Phi) is 5.91. The molecule has 36 heavy (non-hydrogen) atoms. The Morgan fingerprint density at radius 3 is 2.61 bits per heavy atom. The van der Waals surface area contributed by atoms with Crippen LogP contribution in [0.2, 0.25) is 0 Å². The third-order valence-corrected chi connectivity index (χ3v) is 7.87. The molecule has 5 N–H and O–H groups in total. The summed E-state index contributed by atoms with van der Waals surface area (Å²) in [7, 11) is 1.81. The number of nitrogens with one attached hydrogen (secondary N) is 1. The SMILES string of the molecule is Cn1ccc(-c2cn([C@@H]3O[C@H](C(=O)NC4CCN(C5CCC5)CC4)[C@@H](O)[C@H]3O)c3ncnc(N)c23)n1. The molecule has 5 heterocycles. The molecule has 3 aliphatic rings. The van der Waals surface area contributed by atoms with Crippen molar-refractivity contribution in [2.45, 2.75) is 68.7 Å². The van der Waals surface area contributed by atoms with E-state index in [1.807, 2.05) is 13.1 Å². The van der Waals surface area contributed by atoms with Crippen LogP contribution in [-0.4, -0.2) is 88.8 Å². The molecule has 1 amide bonds. The Bertz CT molecular complexity index is 1260. The minimum Gasteiger partial charge on any atom is -0.387 e. The molecule has 2 aliphatic heterocycles. The molecule has 12 heteroatoms. The van der Waals surface area contributed by atoms with Crippen LogP contribution in [-0.2, 0) is 16.6 Å². The van der Waals surface area contributed by atoms with Gasteiger partial charge in [-0.2, -0.15) is 5.10 Å². The van der Waals surface area contributed by atoms with Crippen molar-refractivity contribution in [3.8, 4) is 11.3 Å². The standard InChI is InChI=1S/C24H32N8O4/c1-30-8-7-16(29-30)15-11-32(22-17(15)21(25)26-12-27-22)24-19(34)18(33)20(36-24)23(35)28-13-5-9-31(10-6-13)14-3-2-4-14/h7-8,11-14,18-20,24,33-34H,2-6,9-10H2,1H3,(H,28,35)(H2,25,26,27)/t18-,19+,20-,24+/m0/s1. The molecule has 3 aromatic rings. The number of nitrogen functional groups attached to an aromatic ring is 1. The monoisotopic (exact) mass is 496 g/mol. The van der Waals surface area contributed by atoms with E-state index in [1.165, 1.54) is 25.6 Å². The van der Waals surface area contributed by atoms with E-state index in [0.29, 0.717) is 28.3 Å². The van der Waals surface area contributed by atoms with Crippen LogP contribution < -0.4 is 11.1 Å². The van der Waals surface area contributed by atoms with E-state index in [2.05, 4.69) is 25.3 Å². The predicted molar refractivity (Wildman–Crippen MR) is 130 cm³/mol. The van der Waals surface area contributed by atoms with Crippen molar-refractivity contribution >= 4 is 22.8 Å². The first-order valence-electron chi connectivity index (χ1n) is 12.6. The summed E-state index contributed by atoms with van der Waals surface area (Å²) in [6, 6.07) is 2.55. The number of aryl methyl sites for hydroxylation is 1. The minimum absolute atomic E-state index is 0.0246. The molecular weight excluding hydrogens is 464 g/mol. The second-order valence-corrected chi connectivity index (χ2v) is 10.1. The van der Waals surface area contributed by atoms with Crippen molar-refractivity contribution in [3.63, 3.8) is 0 Å². The maximum Gasteiger partial charge on any atom is 0.252 e. The Labute approximate surface area is 208 Å². The number of likely N-dealkylation sites (tertiary alicyclic amines) is 1. The number of nitrogens with two attached hydrogens (primary N) is 1. The van der Waals surface area contributed by atoms with Gasteiger partial charge in [-0.25, -0.2) is 9.97 Å². The lowest BCUT2D eigenvalue weighted by Crippen LogP contribution is -2.52. The number of anilines is 1. The highest BCUT2D eigenvalue weighted by atomic mass is 16.6. The molecule has 12 nitrogen and oxygen atoms in total. The van der Waals surface area contributed by atoms with E-state index < -0.39 is 30.4 Å². The van der Waals surface area contributed by atoms with Gasteiger partial charge in [-0.1, -0.05) is 6.42 Å². The molecule has 3 aromatic heterocycles. The van der Waals surface area contributed by atoms with Gasteiger partial charge in [0.15, 0.2) is 12.3 Å². The van der Waals surface area contributed by atoms with Crippen molar-refractivity contribution in [2.75, 3.05) is 18.8 Å². The van der Waals surface area contributed by atoms with Gasteiger partial charge >= 0.3 is 0 Å². The van der Waals surface area contributed by atoms with Gasteiger partial charge < -0.3 is 35.5 Å². The number of piperidine rings is 1. The van der Waals surface area contributed by atoms with Crippen molar-refractivity contribution in [2.24, 2.45) is 7.05 Å². The lowest BCUT2D eigenvalue weighted by Gasteiger charge is -2.42. The van der Waals surface area contributed by atoms with E-state index in [4.69, 9.17) is 10.5 Å². The van der Waals surface area contributed by atoms with Crippen molar-refractivity contribution in [1.29, 1.82) is 0 Å². The second kappa shape index (κ2) is 9.11. The number of rotatable bonds is 5. The Hall–Kier alpha value is -3.06. The molecule has 0 bridgehead atoms. The number of ether oxygens (including phenoxy) is 1. The van der Waals surface area contributed by atoms with Gasteiger partial charge in [0.05, 0.1) is 11.1 Å². The molecule has 0 aromatic carbocycles. The summed E-state index contributed by atoms with van der Waals surface area (Å²) in [6.07, 6.45) is 5.45. The van der Waals surface area contributed by atoms with Crippen LogP contribution in [0, 0.1) is 0 Å². The van der Waals surface area contributed by atoms with Gasteiger partial charge in [0.2, 0.25) is 0 Å². The number of fused-ring (bicyclic) bond motifs is 1. The molecule has 4 atom stereocenters. The highest BCUT2D eigenvalue weighted by molar-refractivity contribution is 5.99. The molecule has 6 rings (SSSR count). The van der Waals surface area contributed by atoms with Crippen LogP contribution in [0.5, 0.6) is 0 Å². The minimum atomic E-state index is -1.39. The third-order valence-electron chi connectivity index (χ3n) is 7.87. The molecule has 0 unspecified atom stereocenters. The molecule has 2 saturated heterocycles. The topological polar surface area (TPSA) is 157 Å². The normalized spacial score (nSPS) is 28.0. The fourth-order valence-electron chi connectivity index (χ4n) is 5.61. The molecule has 1 saturated carbocycles. The third kappa shape index (κ3) is 3.94. The number of aliphatic hydroxyl groups is 2. The Balaban J connectivity index is 1.21. The fraction of sp³-hybridized carbons (Fsp3) is 0.583. The average Bonchev–Trinajstić information content (AvgIpc) is 3.51. The largest absolute Gasteiger partial charge is 0.387 e. The number of nitrogens with zero attached hydrogens (tertiary/aromatic N) is 6. The van der Waals surface area contributed by atoms with Crippen LogP contribution in [0.1, 0.15) is 38.3 Å². The maximum absolute atomic E-state index is 13.1. The van der Waals surface area contributed by atoms with Crippen molar-refractivity contribution in [1.82, 2.24) is 34.5 Å². The first-order valence-corrected chi connectivity index (χ1v) is 12.6. The summed E-state index contributed by atoms with van der Waals surface area (Å²) >= 11 is 0. The zero-order valence-electron chi connectivity index (χ0n) is 20.2. The summed E-state index contributed by atoms with van der Waals surface area (Å²) < 4.78 is 9.24. The Morgan fingerprint density at radius 1 is 1.17 bits per heavy atom. The quantitative estimate of drug-likeness (QED) is 0.386. The summed E-state index contributed by atoms with van der Waals surface area (Å²) in [5.41, 5.74) is 7.91. The average molecular weight is 497 g/mol. The van der Waals surface area contributed by atoms with Gasteiger partial charge in [0, 0.05) is 50.2 Å². The van der Waals surface area contributed by atoms with Gasteiger partial charge in [0.1, 0.15) is 30.0 Å². The molecule has 0 spiro atoms. The van der Waals surface area contributed by atoms with E-state index in [1.54, 1.807) is 21.6 Å². The summed E-state index contributed by atoms with van der Waals surface area (Å²) in [5.74, 6) is -0.156. The second-order valence-electron chi connectivity index (χ2n) is 10.1. The van der Waals surface area contributed by atoms with Gasteiger partial charge in [-0.3, -0.25) is 9.48 Å². The number of hydrogen-bond acceptors (Lipinski definition) is 9. The summed E-state index contributed by atoms with van der Waals surface area (Å²) in [4.78, 5) is 24.1. The summed E-state index contributed by atoms with van der Waals surface area (Å²) in [5, 5.41) is 29.7. The number of carbonyl (C=O) groups excluding carboxylic acids is 1. The van der Waals surface area contributed by atoms with E-state index in [9.17, 15) is 15.0 Å². The predicted octanol–water partition coefficient (Wildman–Crippen LogP) is 0.166. The smallest absolute Gasteiger partial charge is 0.252 e. The van der Waals surface area contributed by atoms with Crippen LogP contribution in [0.3, 0.4) is 0 Å². The fourth-order valence-corrected chi connectivity index (χ4v) is 5.61. The van der Waals surface area contributed by atoms with Crippen LogP contribution in [0.15, 0.2) is 24.8 Å². The lowest BCUT2D eigenvalue weighted by molar-refractivity contribution is -0.138. The zero-order valence-corrected chi connectivity index (χ0v) is 20.2. The van der Waals surface area contributed by atoms with Gasteiger partial charge in [-0.15, -0.1) is 0 Å². The number of carbonyl (C=O) groups is 1. The summed E-state index contributed by atoms with van der Waals surface area (Å²) in [6.45, 7) is 1.92. The van der Waals surface area contributed by atoms with Gasteiger partial charge in [0.25, 0.3) is 5.91 Å². The van der Waals surface area contributed by atoms with Crippen LogP contribution >= 0.6 is 0 Å². The number of aliphatic hydroxyl groups excluding tert-OH is 2. The number of amides is 1. The maximum atomic E-state index is 13.1. The first-order chi connectivity index (χ1) is 17.4.